The highest BCUT2D eigenvalue weighted by Gasteiger charge is 2.51. The third kappa shape index (κ3) is 5.11. The summed E-state index contributed by atoms with van der Waals surface area (Å²) in [7, 11) is -0.997. The molecule has 2 aromatic carbocycles. The summed E-state index contributed by atoms with van der Waals surface area (Å²) < 4.78 is 38.9. The van der Waals surface area contributed by atoms with Crippen LogP contribution in [0.3, 0.4) is 0 Å². The number of methoxy groups -OCH3 is 2. The monoisotopic (exact) mass is 472 g/mol. The summed E-state index contributed by atoms with van der Waals surface area (Å²) in [6.45, 7) is 0.751. The van der Waals surface area contributed by atoms with Gasteiger partial charge in [-0.25, -0.2) is 8.42 Å². The van der Waals surface area contributed by atoms with E-state index in [4.69, 9.17) is 9.47 Å². The maximum atomic E-state index is 13.0. The van der Waals surface area contributed by atoms with E-state index in [1.165, 1.54) is 52.4 Å². The average molecular weight is 473 g/mol. The molecular formula is C25H32N2O5S. The number of amides is 1. The van der Waals surface area contributed by atoms with Gasteiger partial charge in [0.2, 0.25) is 5.91 Å². The predicted molar refractivity (Wildman–Crippen MR) is 127 cm³/mol. The molecule has 2 saturated carbocycles. The molecule has 4 rings (SSSR count). The van der Waals surface area contributed by atoms with Gasteiger partial charge in [-0.1, -0.05) is 31.4 Å². The number of sulfonamides is 1. The van der Waals surface area contributed by atoms with Gasteiger partial charge in [0.1, 0.15) is 16.4 Å². The number of hydrogen-bond donors (Lipinski definition) is 2. The highest BCUT2D eigenvalue weighted by molar-refractivity contribution is 7.92. The lowest BCUT2D eigenvalue weighted by molar-refractivity contribution is -0.123. The third-order valence-corrected chi connectivity index (χ3v) is 8.21. The molecule has 33 heavy (non-hydrogen) atoms. The van der Waals surface area contributed by atoms with Gasteiger partial charge in [-0.3, -0.25) is 9.52 Å². The first-order valence-corrected chi connectivity index (χ1v) is 13.0. The Morgan fingerprint density at radius 2 is 1.70 bits per heavy atom. The zero-order chi connectivity index (χ0) is 23.5. The van der Waals surface area contributed by atoms with Gasteiger partial charge in [-0.05, 0) is 61.4 Å². The van der Waals surface area contributed by atoms with Crippen molar-refractivity contribution in [1.29, 1.82) is 0 Å². The lowest BCUT2D eigenvalue weighted by Gasteiger charge is -2.23. The summed E-state index contributed by atoms with van der Waals surface area (Å²) in [6, 6.07) is 11.7. The Morgan fingerprint density at radius 1 is 1.00 bits per heavy atom. The van der Waals surface area contributed by atoms with Gasteiger partial charge in [0.25, 0.3) is 10.0 Å². The quantitative estimate of drug-likeness (QED) is 0.570. The molecular weight excluding hydrogens is 440 g/mol. The lowest BCUT2D eigenvalue weighted by atomic mass is 9.88. The highest BCUT2D eigenvalue weighted by Crippen LogP contribution is 2.48. The maximum absolute atomic E-state index is 13.0. The molecule has 0 heterocycles. The van der Waals surface area contributed by atoms with Crippen LogP contribution in [-0.2, 0) is 20.2 Å². The van der Waals surface area contributed by atoms with Gasteiger partial charge in [0, 0.05) is 18.3 Å². The summed E-state index contributed by atoms with van der Waals surface area (Å²) in [5.41, 5.74) is 0.856. The first kappa shape index (κ1) is 23.4. The van der Waals surface area contributed by atoms with E-state index in [1.54, 1.807) is 24.3 Å². The molecule has 0 bridgehead atoms. The zero-order valence-electron chi connectivity index (χ0n) is 19.2. The van der Waals surface area contributed by atoms with Gasteiger partial charge < -0.3 is 14.8 Å². The Hall–Kier alpha value is -2.74. The van der Waals surface area contributed by atoms with E-state index in [0.29, 0.717) is 17.4 Å². The third-order valence-electron chi connectivity index (χ3n) is 6.81. The molecule has 2 aliphatic carbocycles. The van der Waals surface area contributed by atoms with E-state index in [-0.39, 0.29) is 16.6 Å². The van der Waals surface area contributed by atoms with Crippen LogP contribution in [0.15, 0.2) is 47.4 Å². The Balaban J connectivity index is 1.44. The maximum Gasteiger partial charge on any atom is 0.265 e. The van der Waals surface area contributed by atoms with Crippen LogP contribution in [0.25, 0.3) is 0 Å². The van der Waals surface area contributed by atoms with E-state index in [0.717, 1.165) is 24.9 Å². The van der Waals surface area contributed by atoms with Gasteiger partial charge in [-0.15, -0.1) is 0 Å². The summed E-state index contributed by atoms with van der Waals surface area (Å²) in [6.07, 6.45) is 7.83. The van der Waals surface area contributed by atoms with E-state index >= 15 is 0 Å². The second-order valence-corrected chi connectivity index (χ2v) is 10.6. The number of rotatable bonds is 9. The van der Waals surface area contributed by atoms with E-state index in [9.17, 15) is 13.2 Å². The van der Waals surface area contributed by atoms with Crippen molar-refractivity contribution in [1.82, 2.24) is 5.32 Å². The average Bonchev–Trinajstić information content (AvgIpc) is 3.65. The summed E-state index contributed by atoms with van der Waals surface area (Å²) in [5.74, 6) is 1.32. The summed E-state index contributed by atoms with van der Waals surface area (Å²) in [4.78, 5) is 12.9. The SMILES string of the molecule is COc1ccc(OC)c(S(=O)(=O)Nc2ccc(C3(C(=O)NCC4CCCCC4)CC3)cc2)c1. The molecule has 1 amide bonds. The Kier molecular flexibility index (Phi) is 6.83. The second-order valence-electron chi connectivity index (χ2n) is 9.00. The normalized spacial score (nSPS) is 17.8. The minimum absolute atomic E-state index is 0.00539. The zero-order valence-corrected chi connectivity index (χ0v) is 20.0. The van der Waals surface area contributed by atoms with Crippen molar-refractivity contribution in [2.75, 3.05) is 25.5 Å². The van der Waals surface area contributed by atoms with Crippen LogP contribution in [0.4, 0.5) is 5.69 Å². The highest BCUT2D eigenvalue weighted by atomic mass is 32.2. The fourth-order valence-corrected chi connectivity index (χ4v) is 5.87. The van der Waals surface area contributed by atoms with Gasteiger partial charge >= 0.3 is 0 Å². The van der Waals surface area contributed by atoms with E-state index < -0.39 is 15.4 Å². The van der Waals surface area contributed by atoms with E-state index in [1.807, 2.05) is 12.1 Å². The largest absolute Gasteiger partial charge is 0.497 e. The predicted octanol–water partition coefficient (Wildman–Crippen LogP) is 4.23. The fraction of sp³-hybridized carbons (Fsp3) is 0.480. The van der Waals surface area contributed by atoms with Crippen molar-refractivity contribution in [3.05, 3.63) is 48.0 Å². The molecule has 0 saturated heterocycles. The fourth-order valence-electron chi connectivity index (χ4n) is 4.63. The number of carbonyl (C=O) groups excluding carboxylic acids is 1. The van der Waals surface area contributed by atoms with Gasteiger partial charge in [0.05, 0.1) is 19.6 Å². The molecule has 0 aliphatic heterocycles. The molecule has 0 atom stereocenters. The topological polar surface area (TPSA) is 93.7 Å². The van der Waals surface area contributed by atoms with Crippen molar-refractivity contribution in [3.63, 3.8) is 0 Å². The molecule has 0 unspecified atom stereocenters. The Morgan fingerprint density at radius 3 is 2.30 bits per heavy atom. The van der Waals surface area contributed by atoms with Crippen molar-refractivity contribution in [3.8, 4) is 11.5 Å². The first-order valence-electron chi connectivity index (χ1n) is 11.5. The molecule has 2 aromatic rings. The lowest BCUT2D eigenvalue weighted by Crippen LogP contribution is -2.38. The summed E-state index contributed by atoms with van der Waals surface area (Å²) >= 11 is 0. The molecule has 0 spiro atoms. The number of anilines is 1. The molecule has 7 nitrogen and oxygen atoms in total. The molecule has 2 aliphatic rings. The standard InChI is InChI=1S/C25H32N2O5S/c1-31-21-12-13-22(32-2)23(16-21)33(29,30)27-20-10-8-19(9-11-20)25(14-15-25)24(28)26-17-18-6-4-3-5-7-18/h8-13,16,18,27H,3-7,14-15,17H2,1-2H3,(H,26,28). The van der Waals surface area contributed by atoms with Crippen LogP contribution in [0, 0.1) is 5.92 Å². The van der Waals surface area contributed by atoms with Crippen molar-refractivity contribution < 1.29 is 22.7 Å². The Bertz CT molecular complexity index is 1090. The van der Waals surface area contributed by atoms with E-state index in [2.05, 4.69) is 10.0 Å². The minimum atomic E-state index is -3.89. The van der Waals surface area contributed by atoms with Gasteiger partial charge in [0.15, 0.2) is 0 Å². The second kappa shape index (κ2) is 9.63. The van der Waals surface area contributed by atoms with Crippen LogP contribution in [0.1, 0.15) is 50.5 Å². The van der Waals surface area contributed by atoms with Crippen LogP contribution in [0.2, 0.25) is 0 Å². The number of benzene rings is 2. The number of nitrogens with one attached hydrogen (secondary N) is 2. The molecule has 2 fully saturated rings. The molecule has 0 aromatic heterocycles. The minimum Gasteiger partial charge on any atom is -0.497 e. The number of carbonyl (C=O) groups is 1. The molecule has 178 valence electrons. The van der Waals surface area contributed by atoms with Crippen LogP contribution >= 0.6 is 0 Å². The first-order chi connectivity index (χ1) is 15.9. The molecule has 2 N–H and O–H groups in total. The molecule has 0 radical (unpaired) electrons. The van der Waals surface area contributed by atoms with Crippen LogP contribution in [0.5, 0.6) is 11.5 Å². The number of hydrogen-bond acceptors (Lipinski definition) is 5. The van der Waals surface area contributed by atoms with Crippen LogP contribution < -0.4 is 19.5 Å². The van der Waals surface area contributed by atoms with Crippen LogP contribution in [-0.4, -0.2) is 35.1 Å². The Labute approximate surface area is 195 Å². The molecule has 8 heteroatoms. The summed E-state index contributed by atoms with van der Waals surface area (Å²) in [5, 5.41) is 3.18. The van der Waals surface area contributed by atoms with Crippen molar-refractivity contribution in [2.45, 2.75) is 55.3 Å². The van der Waals surface area contributed by atoms with Crippen molar-refractivity contribution >= 4 is 21.6 Å². The smallest absolute Gasteiger partial charge is 0.265 e. The number of ether oxygens (including phenoxy) is 2. The van der Waals surface area contributed by atoms with Crippen molar-refractivity contribution in [2.24, 2.45) is 5.92 Å². The van der Waals surface area contributed by atoms with Gasteiger partial charge in [-0.2, -0.15) is 0 Å².